The van der Waals surface area contributed by atoms with Crippen LogP contribution in [0.4, 0.5) is 0 Å². The Bertz CT molecular complexity index is 330. The van der Waals surface area contributed by atoms with E-state index in [4.69, 9.17) is 4.74 Å². The first kappa shape index (κ1) is 9.26. The van der Waals surface area contributed by atoms with Gasteiger partial charge in [-0.15, -0.1) is 10.2 Å². The van der Waals surface area contributed by atoms with Crippen LogP contribution in [0.1, 0.15) is 18.7 Å². The van der Waals surface area contributed by atoms with Gasteiger partial charge in [0.05, 0.1) is 13.5 Å². The minimum atomic E-state index is -0.251. The number of ketones is 1. The first-order chi connectivity index (χ1) is 6.75. The zero-order chi connectivity index (χ0) is 9.97. The Labute approximate surface area is 81.2 Å². The summed E-state index contributed by atoms with van der Waals surface area (Å²) in [6.07, 6.45) is 1.75. The molecule has 1 unspecified atom stereocenters. The van der Waals surface area contributed by atoms with Crippen LogP contribution in [0.5, 0.6) is 0 Å². The maximum absolute atomic E-state index is 11.6. The van der Waals surface area contributed by atoms with Crippen LogP contribution < -0.4 is 0 Å². The maximum Gasteiger partial charge on any atom is 0.182 e. The molecule has 1 aromatic rings. The molecule has 0 N–H and O–H groups in total. The molecule has 0 spiro atoms. The van der Waals surface area contributed by atoms with Crippen LogP contribution in [0.3, 0.4) is 0 Å². The second kappa shape index (κ2) is 3.83. The highest BCUT2D eigenvalue weighted by Gasteiger charge is 2.24. The molecule has 2 rings (SSSR count). The fourth-order valence-electron chi connectivity index (χ4n) is 1.50. The predicted molar refractivity (Wildman–Crippen MR) is 46.5 cm³/mol. The van der Waals surface area contributed by atoms with Gasteiger partial charge in [-0.05, 0) is 18.1 Å². The number of tetrazole rings is 1. The number of carbonyl (C=O) groups excluding carboxylic acids is 1. The zero-order valence-corrected chi connectivity index (χ0v) is 8.01. The Morgan fingerprint density at radius 1 is 1.71 bits per heavy atom. The third-order valence-electron chi connectivity index (χ3n) is 2.17. The Hall–Kier alpha value is -1.30. The van der Waals surface area contributed by atoms with E-state index in [1.54, 1.807) is 7.05 Å². The normalized spacial score (nSPS) is 21.4. The minimum absolute atomic E-state index is 0.0514. The van der Waals surface area contributed by atoms with Crippen molar-refractivity contribution in [1.82, 2.24) is 20.2 Å². The van der Waals surface area contributed by atoms with Crippen LogP contribution in [0.2, 0.25) is 0 Å². The fraction of sp³-hybridized carbons (Fsp3) is 0.750. The Balaban J connectivity index is 1.93. The average Bonchev–Trinajstić information content (AvgIpc) is 2.75. The molecule has 0 bridgehead atoms. The molecule has 0 radical (unpaired) electrons. The number of Topliss-reactive ketones (excluding diaryl/α,β-unsaturated/α-hetero) is 1. The fourth-order valence-corrected chi connectivity index (χ4v) is 1.50. The average molecular weight is 196 g/mol. The molecule has 0 aliphatic carbocycles. The monoisotopic (exact) mass is 196 g/mol. The van der Waals surface area contributed by atoms with Gasteiger partial charge in [0.2, 0.25) is 0 Å². The summed E-state index contributed by atoms with van der Waals surface area (Å²) in [5.41, 5.74) is 0. The van der Waals surface area contributed by atoms with Crippen molar-refractivity contribution in [2.75, 3.05) is 6.61 Å². The van der Waals surface area contributed by atoms with Gasteiger partial charge in [-0.3, -0.25) is 4.79 Å². The first-order valence-electron chi connectivity index (χ1n) is 4.63. The summed E-state index contributed by atoms with van der Waals surface area (Å²) in [6, 6.07) is 0. The van der Waals surface area contributed by atoms with Crippen molar-refractivity contribution in [1.29, 1.82) is 0 Å². The molecule has 1 saturated heterocycles. The van der Waals surface area contributed by atoms with Crippen LogP contribution in [-0.2, 0) is 23.0 Å². The van der Waals surface area contributed by atoms with Crippen LogP contribution in [0, 0.1) is 0 Å². The molecule has 1 aromatic heterocycles. The number of hydrogen-bond acceptors (Lipinski definition) is 5. The molecule has 14 heavy (non-hydrogen) atoms. The lowest BCUT2D eigenvalue weighted by atomic mass is 10.1. The molecule has 1 aliphatic rings. The number of hydrogen-bond donors (Lipinski definition) is 0. The van der Waals surface area contributed by atoms with E-state index in [1.807, 2.05) is 0 Å². The van der Waals surface area contributed by atoms with Crippen molar-refractivity contribution < 1.29 is 9.53 Å². The van der Waals surface area contributed by atoms with Gasteiger partial charge in [0, 0.05) is 6.61 Å². The third kappa shape index (κ3) is 1.95. The van der Waals surface area contributed by atoms with E-state index in [0.717, 1.165) is 12.8 Å². The van der Waals surface area contributed by atoms with Crippen molar-refractivity contribution in [3.63, 3.8) is 0 Å². The van der Waals surface area contributed by atoms with Gasteiger partial charge in [-0.25, -0.2) is 0 Å². The molecule has 6 nitrogen and oxygen atoms in total. The predicted octanol–water partition coefficient (Wildman–Crippen LogP) is -0.499. The second-order valence-corrected chi connectivity index (χ2v) is 3.34. The molecule has 1 fully saturated rings. The van der Waals surface area contributed by atoms with Crippen LogP contribution in [0.15, 0.2) is 0 Å². The van der Waals surface area contributed by atoms with Crippen molar-refractivity contribution in [3.8, 4) is 0 Å². The largest absolute Gasteiger partial charge is 0.370 e. The SMILES string of the molecule is Cn1nnc(CC(=O)C2CCCO2)n1. The lowest BCUT2D eigenvalue weighted by Crippen LogP contribution is -2.21. The lowest BCUT2D eigenvalue weighted by molar-refractivity contribution is -0.127. The van der Waals surface area contributed by atoms with Gasteiger partial charge in [0.1, 0.15) is 6.10 Å². The van der Waals surface area contributed by atoms with Crippen molar-refractivity contribution in [2.24, 2.45) is 7.05 Å². The molecular formula is C8H12N4O2. The molecule has 2 heterocycles. The number of aromatic nitrogens is 4. The standard InChI is InChI=1S/C8H12N4O2/c1-12-10-8(9-11-12)5-6(13)7-3-2-4-14-7/h7H,2-5H2,1H3. The van der Waals surface area contributed by atoms with E-state index < -0.39 is 0 Å². The zero-order valence-electron chi connectivity index (χ0n) is 8.01. The van der Waals surface area contributed by atoms with Gasteiger partial charge in [-0.1, -0.05) is 0 Å². The third-order valence-corrected chi connectivity index (χ3v) is 2.17. The van der Waals surface area contributed by atoms with E-state index in [9.17, 15) is 4.79 Å². The summed E-state index contributed by atoms with van der Waals surface area (Å²) < 4.78 is 5.26. The van der Waals surface area contributed by atoms with E-state index in [2.05, 4.69) is 15.4 Å². The molecule has 0 saturated carbocycles. The summed E-state index contributed by atoms with van der Waals surface area (Å²) in [5.74, 6) is 0.517. The van der Waals surface area contributed by atoms with Crippen molar-refractivity contribution in [3.05, 3.63) is 5.82 Å². The highest BCUT2D eigenvalue weighted by Crippen LogP contribution is 2.13. The summed E-state index contributed by atoms with van der Waals surface area (Å²) in [5, 5.41) is 11.4. The lowest BCUT2D eigenvalue weighted by Gasteiger charge is -2.04. The highest BCUT2D eigenvalue weighted by atomic mass is 16.5. The Morgan fingerprint density at radius 2 is 2.57 bits per heavy atom. The number of rotatable bonds is 3. The molecule has 1 aliphatic heterocycles. The smallest absolute Gasteiger partial charge is 0.182 e. The van der Waals surface area contributed by atoms with Gasteiger partial charge in [0.25, 0.3) is 0 Å². The number of carbonyl (C=O) groups is 1. The summed E-state index contributed by atoms with van der Waals surface area (Å²) in [4.78, 5) is 12.9. The molecule has 0 aromatic carbocycles. The van der Waals surface area contributed by atoms with Gasteiger partial charge >= 0.3 is 0 Å². The first-order valence-corrected chi connectivity index (χ1v) is 4.63. The van der Waals surface area contributed by atoms with E-state index in [1.165, 1.54) is 4.80 Å². The van der Waals surface area contributed by atoms with Crippen molar-refractivity contribution >= 4 is 5.78 Å². The van der Waals surface area contributed by atoms with E-state index in [-0.39, 0.29) is 18.3 Å². The van der Waals surface area contributed by atoms with Crippen LogP contribution in [0.25, 0.3) is 0 Å². The van der Waals surface area contributed by atoms with Gasteiger partial charge < -0.3 is 4.74 Å². The number of aryl methyl sites for hydroxylation is 1. The van der Waals surface area contributed by atoms with Crippen LogP contribution >= 0.6 is 0 Å². The van der Waals surface area contributed by atoms with Crippen molar-refractivity contribution in [2.45, 2.75) is 25.4 Å². The summed E-state index contributed by atoms with van der Waals surface area (Å²) >= 11 is 0. The Kier molecular flexibility index (Phi) is 2.53. The van der Waals surface area contributed by atoms with Gasteiger partial charge in [0.15, 0.2) is 11.6 Å². The van der Waals surface area contributed by atoms with Crippen LogP contribution in [-0.4, -0.2) is 38.7 Å². The summed E-state index contributed by atoms with van der Waals surface area (Å²) in [7, 11) is 1.67. The maximum atomic E-state index is 11.6. The molecule has 76 valence electrons. The number of nitrogens with zero attached hydrogens (tertiary/aromatic N) is 4. The quantitative estimate of drug-likeness (QED) is 0.651. The Morgan fingerprint density at radius 3 is 3.14 bits per heavy atom. The van der Waals surface area contributed by atoms with Gasteiger partial charge in [-0.2, -0.15) is 4.80 Å². The topological polar surface area (TPSA) is 69.9 Å². The highest BCUT2D eigenvalue weighted by molar-refractivity contribution is 5.84. The van der Waals surface area contributed by atoms with E-state index in [0.29, 0.717) is 12.4 Å². The van der Waals surface area contributed by atoms with E-state index >= 15 is 0 Å². The molecular weight excluding hydrogens is 184 g/mol. The summed E-state index contributed by atoms with van der Waals surface area (Å²) in [6.45, 7) is 0.685. The minimum Gasteiger partial charge on any atom is -0.370 e. The molecule has 1 atom stereocenters. The molecule has 6 heteroatoms. The molecule has 0 amide bonds. The second-order valence-electron chi connectivity index (χ2n) is 3.34. The number of ether oxygens (including phenoxy) is 1.